The zero-order chi connectivity index (χ0) is 28.0. The number of esters is 4. The fraction of sp³-hybridized carbons (Fsp3) is 0.500. The number of hydrogen-bond acceptors (Lipinski definition) is 12. The number of rotatable bonds is 9. The normalized spacial score (nSPS) is 22.8. The number of amides is 1. The molecule has 2 aromatic rings. The van der Waals surface area contributed by atoms with E-state index in [4.69, 9.17) is 28.1 Å². The van der Waals surface area contributed by atoms with E-state index in [0.29, 0.717) is 11.1 Å². The maximum atomic E-state index is 12.8. The molecule has 0 aliphatic carbocycles. The van der Waals surface area contributed by atoms with Crippen molar-refractivity contribution in [1.82, 2.24) is 9.88 Å². The van der Waals surface area contributed by atoms with Crippen molar-refractivity contribution in [2.45, 2.75) is 71.3 Å². The Bertz CT molecular complexity index is 1260. The molecule has 2 heterocycles. The predicted octanol–water partition coefficient (Wildman–Crippen LogP) is 0.184. The first-order chi connectivity index (χ1) is 18.0. The number of ether oxygens (including phenoxy) is 5. The van der Waals surface area contributed by atoms with Crippen LogP contribution in [0.15, 0.2) is 33.5 Å². The van der Waals surface area contributed by atoms with Crippen molar-refractivity contribution < 1.29 is 52.1 Å². The lowest BCUT2D eigenvalue weighted by molar-refractivity contribution is -0.271. The molecule has 14 nitrogen and oxygen atoms in total. The van der Waals surface area contributed by atoms with Crippen molar-refractivity contribution in [2.75, 3.05) is 6.61 Å². The summed E-state index contributed by atoms with van der Waals surface area (Å²) in [4.78, 5) is 72.1. The van der Waals surface area contributed by atoms with E-state index in [0.717, 1.165) is 20.8 Å². The molecule has 0 spiro atoms. The highest BCUT2D eigenvalue weighted by molar-refractivity contribution is 5.75. The van der Waals surface area contributed by atoms with Crippen molar-refractivity contribution in [3.8, 4) is 0 Å². The van der Waals surface area contributed by atoms with Gasteiger partial charge in [-0.3, -0.25) is 28.5 Å². The Morgan fingerprint density at radius 1 is 0.921 bits per heavy atom. The topological polar surface area (TPSA) is 179 Å². The molecular weight excluding hydrogens is 508 g/mol. The molecule has 0 bridgehead atoms. The molecule has 5 atom stereocenters. The lowest BCUT2D eigenvalue weighted by Gasteiger charge is -2.44. The van der Waals surface area contributed by atoms with Gasteiger partial charge in [0.1, 0.15) is 18.8 Å². The molecule has 0 unspecified atom stereocenters. The Morgan fingerprint density at radius 2 is 1.58 bits per heavy atom. The van der Waals surface area contributed by atoms with E-state index in [2.05, 4.69) is 5.32 Å². The van der Waals surface area contributed by atoms with Crippen molar-refractivity contribution in [2.24, 2.45) is 0 Å². The first-order valence-corrected chi connectivity index (χ1v) is 11.6. The van der Waals surface area contributed by atoms with Gasteiger partial charge in [0.05, 0.1) is 11.9 Å². The van der Waals surface area contributed by atoms with Gasteiger partial charge in [-0.05, 0) is 12.1 Å². The second kappa shape index (κ2) is 12.4. The Kier molecular flexibility index (Phi) is 9.23. The van der Waals surface area contributed by atoms with E-state index in [9.17, 15) is 28.8 Å². The number of benzene rings is 1. The first kappa shape index (κ1) is 28.4. The zero-order valence-electron chi connectivity index (χ0n) is 21.2. The maximum Gasteiger partial charge on any atom is 0.419 e. The molecule has 1 fully saturated rings. The smallest absolute Gasteiger partial charge is 0.419 e. The van der Waals surface area contributed by atoms with Crippen LogP contribution in [0.2, 0.25) is 0 Å². The van der Waals surface area contributed by atoms with Crippen LogP contribution < -0.4 is 11.1 Å². The summed E-state index contributed by atoms with van der Waals surface area (Å²) < 4.78 is 33.3. The molecule has 206 valence electrons. The fourth-order valence-electron chi connectivity index (χ4n) is 4.01. The van der Waals surface area contributed by atoms with Crippen LogP contribution in [0, 0.1) is 0 Å². The molecule has 1 aliphatic heterocycles. The third kappa shape index (κ3) is 7.18. The summed E-state index contributed by atoms with van der Waals surface area (Å²) in [5.41, 5.74) is 0.831. The molecule has 1 saturated heterocycles. The van der Waals surface area contributed by atoms with Crippen molar-refractivity contribution >= 4 is 40.9 Å². The minimum atomic E-state index is -1.54. The third-order valence-electron chi connectivity index (χ3n) is 5.43. The summed E-state index contributed by atoms with van der Waals surface area (Å²) in [6.45, 7) is 3.99. The maximum absolute atomic E-state index is 12.8. The number of nitrogens with zero attached hydrogens (tertiary/aromatic N) is 1. The number of aryl methyl sites for hydroxylation is 1. The number of aromatic nitrogens is 1. The number of nitrogens with one attached hydrogen (secondary N) is 1. The van der Waals surface area contributed by atoms with Gasteiger partial charge in [-0.2, -0.15) is 0 Å². The molecule has 0 radical (unpaired) electrons. The van der Waals surface area contributed by atoms with Crippen molar-refractivity contribution in [1.29, 1.82) is 0 Å². The quantitative estimate of drug-likeness (QED) is 0.340. The summed E-state index contributed by atoms with van der Waals surface area (Å²) in [6, 6.07) is 5.37. The Morgan fingerprint density at radius 3 is 2.21 bits per heavy atom. The zero-order valence-corrected chi connectivity index (χ0v) is 21.2. The Labute approximate surface area is 216 Å². The lowest BCUT2D eigenvalue weighted by Crippen LogP contribution is -2.66. The van der Waals surface area contributed by atoms with Crippen LogP contribution in [0.1, 0.15) is 34.1 Å². The highest BCUT2D eigenvalue weighted by Crippen LogP contribution is 2.28. The van der Waals surface area contributed by atoms with Gasteiger partial charge in [-0.1, -0.05) is 12.1 Å². The number of fused-ring (bicyclic) bond motifs is 1. The minimum absolute atomic E-state index is 0.0907. The fourth-order valence-corrected chi connectivity index (χ4v) is 4.01. The van der Waals surface area contributed by atoms with E-state index in [1.807, 2.05) is 0 Å². The second-order valence-corrected chi connectivity index (χ2v) is 8.45. The third-order valence-corrected chi connectivity index (χ3v) is 5.43. The number of carbonyl (C=O) groups excluding carboxylic acids is 5. The standard InChI is InChI=1S/C24H28N2O12/c1-12(27)25-20-22(35-15(4)30)21(34-14(3)29)18(11-33-13(2)28)36-23(20)38-19(31)9-10-26-16-7-5-6-8-17(16)37-24(26)32/h5-8,18,20-23H,9-11H2,1-4H3,(H,25,27)/t18-,20+,21-,22+,23+/m1/s1. The molecular formula is C24H28N2O12. The van der Waals surface area contributed by atoms with Gasteiger partial charge in [0.25, 0.3) is 0 Å². The molecule has 38 heavy (non-hydrogen) atoms. The van der Waals surface area contributed by atoms with Crippen LogP contribution in [0.5, 0.6) is 0 Å². The molecule has 3 rings (SSSR count). The Hall–Kier alpha value is -4.20. The average molecular weight is 536 g/mol. The van der Waals surface area contributed by atoms with Crippen LogP contribution in [0.3, 0.4) is 0 Å². The summed E-state index contributed by atoms with van der Waals surface area (Å²) >= 11 is 0. The lowest BCUT2D eigenvalue weighted by atomic mass is 9.96. The molecule has 1 aliphatic rings. The van der Waals surface area contributed by atoms with Gasteiger partial charge in [0.2, 0.25) is 12.2 Å². The monoisotopic (exact) mass is 536 g/mol. The predicted molar refractivity (Wildman–Crippen MR) is 125 cm³/mol. The molecule has 1 N–H and O–H groups in total. The number of carbonyl (C=O) groups is 5. The van der Waals surface area contributed by atoms with E-state index in [1.165, 1.54) is 11.5 Å². The van der Waals surface area contributed by atoms with E-state index >= 15 is 0 Å². The van der Waals surface area contributed by atoms with Crippen molar-refractivity contribution in [3.05, 3.63) is 34.8 Å². The summed E-state index contributed by atoms with van der Waals surface area (Å²) in [5.74, 6) is -4.31. The van der Waals surface area contributed by atoms with Crippen LogP contribution >= 0.6 is 0 Å². The van der Waals surface area contributed by atoms with Crippen LogP contribution in [-0.4, -0.2) is 71.6 Å². The average Bonchev–Trinajstić information content (AvgIpc) is 3.14. The Balaban J connectivity index is 1.85. The molecule has 1 amide bonds. The highest BCUT2D eigenvalue weighted by Gasteiger charge is 2.52. The molecule has 1 aromatic heterocycles. The van der Waals surface area contributed by atoms with E-state index in [-0.39, 0.29) is 13.0 Å². The van der Waals surface area contributed by atoms with Crippen molar-refractivity contribution in [3.63, 3.8) is 0 Å². The minimum Gasteiger partial charge on any atom is -0.463 e. The van der Waals surface area contributed by atoms with Gasteiger partial charge < -0.3 is 33.4 Å². The van der Waals surface area contributed by atoms with Crippen LogP contribution in [0.25, 0.3) is 11.1 Å². The number of oxazole rings is 1. The molecule has 1 aromatic carbocycles. The SMILES string of the molecule is CC(=O)N[C@@H]1[C@H](OC(=O)CCn2c(=O)oc3ccccc32)O[C@H](COC(C)=O)[C@@H](OC(C)=O)[C@H]1OC(C)=O. The summed E-state index contributed by atoms with van der Waals surface area (Å²) in [6.07, 6.45) is -5.75. The summed E-state index contributed by atoms with van der Waals surface area (Å²) in [7, 11) is 0. The van der Waals surface area contributed by atoms with Crippen LogP contribution in [0.4, 0.5) is 0 Å². The van der Waals surface area contributed by atoms with E-state index < -0.39 is 72.8 Å². The van der Waals surface area contributed by atoms with E-state index in [1.54, 1.807) is 24.3 Å². The van der Waals surface area contributed by atoms with Gasteiger partial charge in [0, 0.05) is 34.2 Å². The first-order valence-electron chi connectivity index (χ1n) is 11.6. The second-order valence-electron chi connectivity index (χ2n) is 8.45. The largest absolute Gasteiger partial charge is 0.463 e. The van der Waals surface area contributed by atoms with Gasteiger partial charge in [-0.25, -0.2) is 4.79 Å². The summed E-state index contributed by atoms with van der Waals surface area (Å²) in [5, 5.41) is 2.50. The number of hydrogen-bond donors (Lipinski definition) is 1. The van der Waals surface area contributed by atoms with Gasteiger partial charge >= 0.3 is 29.6 Å². The molecule has 14 heteroatoms. The highest BCUT2D eigenvalue weighted by atomic mass is 16.7. The van der Waals surface area contributed by atoms with Crippen LogP contribution in [-0.2, 0) is 54.2 Å². The van der Waals surface area contributed by atoms with Gasteiger partial charge in [0.15, 0.2) is 17.8 Å². The molecule has 0 saturated carbocycles. The van der Waals surface area contributed by atoms with Gasteiger partial charge in [-0.15, -0.1) is 0 Å². The number of para-hydroxylation sites is 2.